The second kappa shape index (κ2) is 19.8. The Balaban J connectivity index is 0.00000392. The molecule has 0 bridgehead atoms. The zero-order valence-electron chi connectivity index (χ0n) is 31.2. The molecule has 1 aromatic carbocycles. The van der Waals surface area contributed by atoms with Gasteiger partial charge in [0.15, 0.2) is 0 Å². The van der Waals surface area contributed by atoms with Crippen molar-refractivity contribution in [3.8, 4) is 34.9 Å². The molecule has 0 radical (unpaired) electrons. The van der Waals surface area contributed by atoms with Crippen molar-refractivity contribution in [2.45, 2.75) is 77.5 Å². The smallest absolute Gasteiger partial charge is 0.407 e. The Labute approximate surface area is 328 Å². The van der Waals surface area contributed by atoms with E-state index in [9.17, 15) is 19.2 Å². The van der Waals surface area contributed by atoms with Crippen molar-refractivity contribution in [1.82, 2.24) is 40.4 Å². The Bertz CT molecular complexity index is 1890. The molecule has 54 heavy (non-hydrogen) atoms. The molecule has 4 atom stereocenters. The minimum absolute atomic E-state index is 0. The Morgan fingerprint density at radius 1 is 0.741 bits per heavy atom. The van der Waals surface area contributed by atoms with E-state index in [1.165, 1.54) is 14.2 Å². The summed E-state index contributed by atoms with van der Waals surface area (Å²) < 4.78 is 9.44. The number of rotatable bonds is 9. The Hall–Kier alpha value is -5.18. The van der Waals surface area contributed by atoms with Crippen molar-refractivity contribution in [3.63, 3.8) is 0 Å². The minimum atomic E-state index is -0.703. The van der Waals surface area contributed by atoms with Gasteiger partial charge >= 0.3 is 12.2 Å². The molecular weight excluding hydrogens is 735 g/mol. The van der Waals surface area contributed by atoms with Crippen LogP contribution in [0.1, 0.15) is 88.4 Å². The number of ether oxygens (including phenoxy) is 2. The number of nitrogens with zero attached hydrogens (tertiary/aromatic N) is 4. The molecule has 0 aliphatic carbocycles. The number of nitrogens with one attached hydrogen (secondary N) is 4. The molecule has 5 rings (SSSR count). The number of amides is 4. The van der Waals surface area contributed by atoms with Gasteiger partial charge in [-0.2, -0.15) is 0 Å². The van der Waals surface area contributed by atoms with Crippen molar-refractivity contribution >= 4 is 48.8 Å². The normalized spacial score (nSPS) is 17.2. The maximum Gasteiger partial charge on any atom is 0.407 e. The summed E-state index contributed by atoms with van der Waals surface area (Å²) in [5, 5.41) is 5.33. The van der Waals surface area contributed by atoms with Crippen molar-refractivity contribution < 1.29 is 28.7 Å². The van der Waals surface area contributed by atoms with Crippen LogP contribution in [0.4, 0.5) is 9.59 Å². The largest absolute Gasteiger partial charge is 0.453 e. The molecule has 0 spiro atoms. The third kappa shape index (κ3) is 10.3. The maximum atomic E-state index is 13.4. The topological polar surface area (TPSA) is 175 Å². The third-order valence-corrected chi connectivity index (χ3v) is 9.34. The second-order valence-corrected chi connectivity index (χ2v) is 13.5. The summed E-state index contributed by atoms with van der Waals surface area (Å²) in [6.45, 7) is 8.68. The van der Waals surface area contributed by atoms with Crippen LogP contribution in [-0.4, -0.2) is 93.1 Å². The summed E-state index contributed by atoms with van der Waals surface area (Å²) in [7, 11) is 2.55. The number of methoxy groups -OCH3 is 2. The number of alkyl carbamates (subject to hydrolysis) is 2. The highest BCUT2D eigenvalue weighted by molar-refractivity contribution is 5.87. The molecule has 4 N–H and O–H groups in total. The number of benzene rings is 1. The third-order valence-electron chi connectivity index (χ3n) is 9.34. The van der Waals surface area contributed by atoms with E-state index in [1.807, 2.05) is 52.0 Å². The van der Waals surface area contributed by atoms with Gasteiger partial charge in [-0.25, -0.2) is 19.6 Å². The fourth-order valence-corrected chi connectivity index (χ4v) is 6.54. The van der Waals surface area contributed by atoms with Gasteiger partial charge < -0.3 is 39.9 Å². The number of hydrogen-bond acceptors (Lipinski definition) is 8. The van der Waals surface area contributed by atoms with E-state index in [0.29, 0.717) is 30.4 Å². The van der Waals surface area contributed by atoms with Crippen LogP contribution in [0.3, 0.4) is 0 Å². The minimum Gasteiger partial charge on any atom is -0.453 e. The van der Waals surface area contributed by atoms with Gasteiger partial charge in [0.2, 0.25) is 11.8 Å². The lowest BCUT2D eigenvalue weighted by Crippen LogP contribution is -2.51. The van der Waals surface area contributed by atoms with E-state index in [0.717, 1.165) is 42.5 Å². The summed E-state index contributed by atoms with van der Waals surface area (Å²) in [5.41, 5.74) is 3.11. The van der Waals surface area contributed by atoms with Gasteiger partial charge in [-0.05, 0) is 73.0 Å². The molecule has 2 aromatic heterocycles. The number of carbonyl (C=O) groups excluding carboxylic acids is 4. The number of hydrogen-bond donors (Lipinski definition) is 4. The molecule has 2 aliphatic rings. The molecule has 0 unspecified atom stereocenters. The van der Waals surface area contributed by atoms with Gasteiger partial charge in [-0.3, -0.25) is 9.59 Å². The molecule has 2 fully saturated rings. The van der Waals surface area contributed by atoms with Gasteiger partial charge in [0.25, 0.3) is 0 Å². The van der Waals surface area contributed by atoms with Gasteiger partial charge in [-0.15, -0.1) is 24.8 Å². The van der Waals surface area contributed by atoms with Crippen molar-refractivity contribution in [1.29, 1.82) is 0 Å². The van der Waals surface area contributed by atoms with E-state index in [1.54, 1.807) is 22.2 Å². The lowest BCUT2D eigenvalue weighted by atomic mass is 10.0. The monoisotopic (exact) mass is 782 g/mol. The number of carbonyl (C=O) groups is 4. The summed E-state index contributed by atoms with van der Waals surface area (Å²) in [5.74, 6) is 12.6. The first-order valence-corrected chi connectivity index (χ1v) is 17.5. The standard InChI is InChI=1S/C38H46N8O6.2ClH/c1-23(2)31(43-37(49)51-5)35(47)45-19-9-13-29(45)33-39-21-27(41-33)12-8-7-11-25-15-17-26(18-16-25)28-22-40-34(42-28)30-14-10-20-46(30)36(48)32(24(3)4)44-38(50)52-6;;/h15-18,21-24,29-32H,9-10,13-14,19-20H2,1-6H3,(H,39,41)(H,40,42)(H,43,49)(H,44,50);2*1H/t29-,30+,31+,32+;;/m1../s1. The molecule has 16 heteroatoms. The van der Waals surface area contributed by atoms with Crippen LogP contribution in [0.15, 0.2) is 36.7 Å². The number of halogens is 2. The Kier molecular flexibility index (Phi) is 15.8. The highest BCUT2D eigenvalue weighted by atomic mass is 35.5. The van der Waals surface area contributed by atoms with Crippen molar-refractivity contribution in [2.75, 3.05) is 27.3 Å². The lowest BCUT2D eigenvalue weighted by Gasteiger charge is -2.30. The maximum absolute atomic E-state index is 13.4. The van der Waals surface area contributed by atoms with Crippen LogP contribution in [0.2, 0.25) is 0 Å². The SMILES string of the molecule is COC(=O)N[C@H](C(=O)N1CCC[C@@H]1c1ncc(C#CC#Cc2ccc(-c3cnc([C@@H]4CCCN4C(=O)[C@@H](NC(=O)OC)C(C)C)[nH]3)cc2)[nH]1)C(C)C.Cl.Cl. The fraction of sp³-hybridized carbons (Fsp3) is 0.474. The highest BCUT2D eigenvalue weighted by Crippen LogP contribution is 2.33. The molecule has 4 amide bonds. The summed E-state index contributed by atoms with van der Waals surface area (Å²) >= 11 is 0. The van der Waals surface area contributed by atoms with Crippen LogP contribution >= 0.6 is 24.8 Å². The first-order chi connectivity index (χ1) is 25.0. The molecule has 0 saturated carbocycles. The van der Waals surface area contributed by atoms with Gasteiger partial charge in [0, 0.05) is 18.7 Å². The van der Waals surface area contributed by atoms with E-state index in [4.69, 9.17) is 9.47 Å². The summed E-state index contributed by atoms with van der Waals surface area (Å²) in [4.78, 5) is 69.8. The molecular formula is C38H48Cl2N8O6. The van der Waals surface area contributed by atoms with Gasteiger partial charge in [0.1, 0.15) is 29.4 Å². The van der Waals surface area contributed by atoms with Crippen LogP contribution in [0, 0.1) is 35.5 Å². The van der Waals surface area contributed by atoms with Crippen LogP contribution in [0.5, 0.6) is 0 Å². The molecule has 290 valence electrons. The molecule has 4 heterocycles. The zero-order valence-corrected chi connectivity index (χ0v) is 32.9. The molecule has 2 aliphatic heterocycles. The van der Waals surface area contributed by atoms with Crippen molar-refractivity contribution in [3.05, 3.63) is 59.6 Å². The fourth-order valence-electron chi connectivity index (χ4n) is 6.54. The quantitative estimate of drug-likeness (QED) is 0.216. The predicted octanol–water partition coefficient (Wildman–Crippen LogP) is 5.13. The first kappa shape index (κ1) is 43.2. The van der Waals surface area contributed by atoms with Crippen LogP contribution < -0.4 is 10.6 Å². The van der Waals surface area contributed by atoms with E-state index in [-0.39, 0.29) is 60.5 Å². The lowest BCUT2D eigenvalue weighted by molar-refractivity contribution is -0.136. The number of aromatic nitrogens is 4. The highest BCUT2D eigenvalue weighted by Gasteiger charge is 2.38. The number of H-pyrrole nitrogens is 2. The number of imidazole rings is 2. The van der Waals surface area contributed by atoms with Gasteiger partial charge in [-0.1, -0.05) is 45.7 Å². The van der Waals surface area contributed by atoms with Crippen LogP contribution in [0.25, 0.3) is 11.3 Å². The Morgan fingerprint density at radius 2 is 1.22 bits per heavy atom. The summed E-state index contributed by atoms with van der Waals surface area (Å²) in [6, 6.07) is 5.84. The molecule has 2 saturated heterocycles. The van der Waals surface area contributed by atoms with Crippen LogP contribution in [-0.2, 0) is 19.1 Å². The first-order valence-electron chi connectivity index (χ1n) is 17.5. The van der Waals surface area contributed by atoms with Crippen molar-refractivity contribution in [2.24, 2.45) is 11.8 Å². The predicted molar refractivity (Wildman–Crippen MR) is 207 cm³/mol. The number of aromatic amines is 2. The second-order valence-electron chi connectivity index (χ2n) is 13.5. The average molecular weight is 784 g/mol. The average Bonchev–Trinajstić information content (AvgIpc) is 3.97. The number of likely N-dealkylation sites (tertiary alicyclic amines) is 2. The Morgan fingerprint density at radius 3 is 1.72 bits per heavy atom. The summed E-state index contributed by atoms with van der Waals surface area (Å²) in [6.07, 6.45) is 5.30. The zero-order chi connectivity index (χ0) is 37.4. The molecule has 14 nitrogen and oxygen atoms in total. The van der Waals surface area contributed by atoms with E-state index >= 15 is 0 Å². The molecule has 3 aromatic rings. The van der Waals surface area contributed by atoms with Gasteiger partial charge in [0.05, 0.1) is 44.4 Å². The van der Waals surface area contributed by atoms with E-state index < -0.39 is 24.3 Å². The van der Waals surface area contributed by atoms with E-state index in [2.05, 4.69) is 54.3 Å².